The molecule has 0 amide bonds. The lowest BCUT2D eigenvalue weighted by Crippen LogP contribution is -1.89. The fourth-order valence-electron chi connectivity index (χ4n) is 2.27. The Morgan fingerprint density at radius 2 is 1.44 bits per heavy atom. The van der Waals surface area contributed by atoms with Crippen LogP contribution in [0.4, 0.5) is 0 Å². The van der Waals surface area contributed by atoms with Crippen molar-refractivity contribution in [1.29, 1.82) is 0 Å². The fourth-order valence-corrected chi connectivity index (χ4v) is 2.53. The van der Waals surface area contributed by atoms with E-state index in [0.717, 1.165) is 10.9 Å². The molecule has 0 fully saturated rings. The Balaban J connectivity index is 2.02. The molecule has 88 valence electrons. The van der Waals surface area contributed by atoms with Gasteiger partial charge in [-0.1, -0.05) is 70.5 Å². The van der Waals surface area contributed by atoms with Crippen LogP contribution in [0, 0.1) is 0 Å². The molecule has 0 nitrogen and oxygen atoms in total. The highest BCUT2D eigenvalue weighted by atomic mass is 79.9. The van der Waals surface area contributed by atoms with Crippen LogP contribution in [-0.2, 0) is 6.42 Å². The standard InChI is InChI=1S/C17H13Br/c18-16-10-8-13(9-11-16)12-15-6-3-5-14-4-1-2-7-17(14)15/h1-11H,12H2. The number of hydrogen-bond donors (Lipinski definition) is 0. The van der Waals surface area contributed by atoms with Crippen molar-refractivity contribution in [2.45, 2.75) is 6.42 Å². The lowest BCUT2D eigenvalue weighted by Gasteiger charge is -2.06. The maximum absolute atomic E-state index is 3.47. The third kappa shape index (κ3) is 2.32. The van der Waals surface area contributed by atoms with Gasteiger partial charge in [-0.3, -0.25) is 0 Å². The van der Waals surface area contributed by atoms with Crippen LogP contribution in [-0.4, -0.2) is 0 Å². The minimum Gasteiger partial charge on any atom is -0.0616 e. The Kier molecular flexibility index (Phi) is 3.16. The first kappa shape index (κ1) is 11.5. The van der Waals surface area contributed by atoms with Crippen LogP contribution in [0.15, 0.2) is 71.2 Å². The predicted octanol–water partition coefficient (Wildman–Crippen LogP) is 5.19. The molecule has 0 heterocycles. The molecule has 0 radical (unpaired) electrons. The summed E-state index contributed by atoms with van der Waals surface area (Å²) in [4.78, 5) is 0. The molecule has 0 bridgehead atoms. The molecule has 0 saturated heterocycles. The predicted molar refractivity (Wildman–Crippen MR) is 80.9 cm³/mol. The second-order valence-corrected chi connectivity index (χ2v) is 5.36. The number of benzene rings is 3. The quantitative estimate of drug-likeness (QED) is 0.610. The molecule has 3 aromatic carbocycles. The summed E-state index contributed by atoms with van der Waals surface area (Å²) in [5.74, 6) is 0. The van der Waals surface area contributed by atoms with Gasteiger partial charge in [-0.2, -0.15) is 0 Å². The van der Waals surface area contributed by atoms with Gasteiger partial charge in [-0.05, 0) is 40.5 Å². The molecule has 3 rings (SSSR count). The zero-order chi connectivity index (χ0) is 12.4. The van der Waals surface area contributed by atoms with Gasteiger partial charge in [0, 0.05) is 4.47 Å². The summed E-state index contributed by atoms with van der Waals surface area (Å²) >= 11 is 3.47. The van der Waals surface area contributed by atoms with E-state index < -0.39 is 0 Å². The highest BCUT2D eigenvalue weighted by molar-refractivity contribution is 9.10. The van der Waals surface area contributed by atoms with Gasteiger partial charge in [0.25, 0.3) is 0 Å². The van der Waals surface area contributed by atoms with Gasteiger partial charge in [0.05, 0.1) is 0 Å². The van der Waals surface area contributed by atoms with E-state index in [1.54, 1.807) is 0 Å². The Morgan fingerprint density at radius 3 is 2.28 bits per heavy atom. The topological polar surface area (TPSA) is 0 Å². The van der Waals surface area contributed by atoms with Gasteiger partial charge in [0.1, 0.15) is 0 Å². The number of rotatable bonds is 2. The zero-order valence-electron chi connectivity index (χ0n) is 9.94. The zero-order valence-corrected chi connectivity index (χ0v) is 11.5. The molecule has 1 heteroatoms. The summed E-state index contributed by atoms with van der Waals surface area (Å²) in [5.41, 5.74) is 2.73. The van der Waals surface area contributed by atoms with Gasteiger partial charge >= 0.3 is 0 Å². The molecule has 0 spiro atoms. The molecule has 0 aromatic heterocycles. The first-order valence-electron chi connectivity index (χ1n) is 6.04. The van der Waals surface area contributed by atoms with Crippen LogP contribution in [0.25, 0.3) is 10.8 Å². The first-order valence-corrected chi connectivity index (χ1v) is 6.83. The second-order valence-electron chi connectivity index (χ2n) is 4.44. The molecule has 0 aliphatic heterocycles. The number of fused-ring (bicyclic) bond motifs is 1. The van der Waals surface area contributed by atoms with Gasteiger partial charge in [-0.25, -0.2) is 0 Å². The normalized spacial score (nSPS) is 10.7. The Bertz CT molecular complexity index is 663. The van der Waals surface area contributed by atoms with Gasteiger partial charge in [-0.15, -0.1) is 0 Å². The van der Waals surface area contributed by atoms with Crippen molar-refractivity contribution in [2.24, 2.45) is 0 Å². The summed E-state index contributed by atoms with van der Waals surface area (Å²) in [7, 11) is 0. The van der Waals surface area contributed by atoms with Crippen molar-refractivity contribution in [3.8, 4) is 0 Å². The third-order valence-electron chi connectivity index (χ3n) is 3.19. The maximum Gasteiger partial charge on any atom is 0.0175 e. The largest absolute Gasteiger partial charge is 0.0616 e. The van der Waals surface area contributed by atoms with Crippen molar-refractivity contribution in [1.82, 2.24) is 0 Å². The second kappa shape index (κ2) is 4.95. The highest BCUT2D eigenvalue weighted by Crippen LogP contribution is 2.22. The number of hydrogen-bond acceptors (Lipinski definition) is 0. The molecule has 3 aromatic rings. The average Bonchev–Trinajstić information content (AvgIpc) is 2.42. The lowest BCUT2D eigenvalue weighted by molar-refractivity contribution is 1.21. The molecule has 18 heavy (non-hydrogen) atoms. The Morgan fingerprint density at radius 1 is 0.722 bits per heavy atom. The minimum atomic E-state index is 0.981. The summed E-state index contributed by atoms with van der Waals surface area (Å²) in [6.45, 7) is 0. The van der Waals surface area contributed by atoms with Gasteiger partial charge < -0.3 is 0 Å². The summed E-state index contributed by atoms with van der Waals surface area (Å²) in [5, 5.41) is 2.66. The molecule has 0 unspecified atom stereocenters. The van der Waals surface area contributed by atoms with Crippen molar-refractivity contribution in [3.05, 3.63) is 82.3 Å². The monoisotopic (exact) mass is 296 g/mol. The summed E-state index contributed by atoms with van der Waals surface area (Å²) < 4.78 is 1.13. The van der Waals surface area contributed by atoms with Crippen LogP contribution in [0.2, 0.25) is 0 Å². The minimum absolute atomic E-state index is 0.981. The average molecular weight is 297 g/mol. The van der Waals surface area contributed by atoms with Crippen LogP contribution in [0.5, 0.6) is 0 Å². The van der Waals surface area contributed by atoms with E-state index >= 15 is 0 Å². The van der Waals surface area contributed by atoms with E-state index in [1.165, 1.54) is 21.9 Å². The van der Waals surface area contributed by atoms with E-state index in [4.69, 9.17) is 0 Å². The molecule has 0 aliphatic rings. The van der Waals surface area contributed by atoms with Crippen molar-refractivity contribution in [2.75, 3.05) is 0 Å². The lowest BCUT2D eigenvalue weighted by atomic mass is 9.99. The molecule has 0 saturated carbocycles. The van der Waals surface area contributed by atoms with E-state index in [0.29, 0.717) is 0 Å². The molecule has 0 atom stereocenters. The van der Waals surface area contributed by atoms with E-state index in [1.807, 2.05) is 0 Å². The van der Waals surface area contributed by atoms with Crippen LogP contribution < -0.4 is 0 Å². The van der Waals surface area contributed by atoms with Crippen LogP contribution in [0.3, 0.4) is 0 Å². The van der Waals surface area contributed by atoms with E-state index in [-0.39, 0.29) is 0 Å². The molecule has 0 N–H and O–H groups in total. The van der Waals surface area contributed by atoms with Crippen LogP contribution in [0.1, 0.15) is 11.1 Å². The first-order chi connectivity index (χ1) is 8.83. The van der Waals surface area contributed by atoms with Crippen molar-refractivity contribution in [3.63, 3.8) is 0 Å². The fraction of sp³-hybridized carbons (Fsp3) is 0.0588. The van der Waals surface area contributed by atoms with E-state index in [2.05, 4.69) is 82.7 Å². The maximum atomic E-state index is 3.47. The third-order valence-corrected chi connectivity index (χ3v) is 3.72. The van der Waals surface area contributed by atoms with Crippen molar-refractivity contribution < 1.29 is 0 Å². The summed E-state index contributed by atoms with van der Waals surface area (Å²) in [6, 6.07) is 23.6. The Labute approximate surface area is 115 Å². The number of halogens is 1. The smallest absolute Gasteiger partial charge is 0.0175 e. The Hall–Kier alpha value is -1.60. The molecule has 0 aliphatic carbocycles. The van der Waals surface area contributed by atoms with E-state index in [9.17, 15) is 0 Å². The van der Waals surface area contributed by atoms with Gasteiger partial charge in [0.15, 0.2) is 0 Å². The molecular weight excluding hydrogens is 284 g/mol. The van der Waals surface area contributed by atoms with Crippen LogP contribution >= 0.6 is 15.9 Å². The van der Waals surface area contributed by atoms with Gasteiger partial charge in [0.2, 0.25) is 0 Å². The SMILES string of the molecule is Brc1ccc(Cc2cccc3ccccc23)cc1. The van der Waals surface area contributed by atoms with Crippen molar-refractivity contribution >= 4 is 26.7 Å². The summed E-state index contributed by atoms with van der Waals surface area (Å²) in [6.07, 6.45) is 0.981. The highest BCUT2D eigenvalue weighted by Gasteiger charge is 2.01. The molecular formula is C17H13Br.